The van der Waals surface area contributed by atoms with Gasteiger partial charge in [0.2, 0.25) is 11.8 Å². The molecule has 1 aromatic rings. The van der Waals surface area contributed by atoms with Crippen molar-refractivity contribution in [3.63, 3.8) is 0 Å². The fraction of sp³-hybridized carbons (Fsp3) is 0.625. The highest BCUT2D eigenvalue weighted by Crippen LogP contribution is 2.26. The lowest BCUT2D eigenvalue weighted by molar-refractivity contribution is -0.131. The second-order valence-electron chi connectivity index (χ2n) is 6.28. The highest BCUT2D eigenvalue weighted by Gasteiger charge is 2.34. The number of likely N-dealkylation sites (tertiary alicyclic amines) is 1. The molecule has 0 spiro atoms. The Morgan fingerprint density at radius 1 is 1.45 bits per heavy atom. The molecule has 122 valence electrons. The van der Waals surface area contributed by atoms with Crippen LogP contribution in [0.2, 0.25) is 0 Å². The van der Waals surface area contributed by atoms with Gasteiger partial charge in [-0.25, -0.2) is 0 Å². The third-order valence-corrected chi connectivity index (χ3v) is 5.22. The van der Waals surface area contributed by atoms with Gasteiger partial charge in [-0.2, -0.15) is 0 Å². The summed E-state index contributed by atoms with van der Waals surface area (Å²) in [7, 11) is 4.11. The molecule has 0 aliphatic carbocycles. The number of likely N-dealkylation sites (N-methyl/N-ethyl adjacent to an activating group) is 1. The minimum Gasteiger partial charge on any atom is -0.348 e. The van der Waals surface area contributed by atoms with E-state index >= 15 is 0 Å². The second kappa shape index (κ2) is 7.24. The summed E-state index contributed by atoms with van der Waals surface area (Å²) in [5.74, 6) is 0.482. The fourth-order valence-corrected chi connectivity index (χ4v) is 3.86. The first-order chi connectivity index (χ1) is 10.4. The zero-order valence-electron chi connectivity index (χ0n) is 13.7. The highest BCUT2D eigenvalue weighted by molar-refractivity contribution is 7.10. The van der Waals surface area contributed by atoms with Crippen LogP contribution in [0.1, 0.15) is 31.2 Å². The highest BCUT2D eigenvalue weighted by atomic mass is 32.1. The van der Waals surface area contributed by atoms with E-state index in [9.17, 15) is 9.59 Å². The molecule has 1 aromatic heterocycles. The molecule has 0 unspecified atom stereocenters. The number of rotatable bonds is 5. The van der Waals surface area contributed by atoms with Crippen molar-refractivity contribution < 1.29 is 9.59 Å². The van der Waals surface area contributed by atoms with Crippen LogP contribution in [-0.4, -0.2) is 54.8 Å². The minimum absolute atomic E-state index is 0.104. The maximum absolute atomic E-state index is 12.6. The van der Waals surface area contributed by atoms with Gasteiger partial charge in [-0.3, -0.25) is 9.59 Å². The van der Waals surface area contributed by atoms with Crippen molar-refractivity contribution in [3.8, 4) is 0 Å². The van der Waals surface area contributed by atoms with Crippen LogP contribution in [0.15, 0.2) is 17.5 Å². The molecule has 0 radical (unpaired) electrons. The number of nitrogens with one attached hydrogen (secondary N) is 1. The summed E-state index contributed by atoms with van der Waals surface area (Å²) in [6.07, 6.45) is 0.326. The standard InChI is InChI=1S/C16H25N3O2S/c1-11-9-19(10-14(11)18(3)4)16(21)8-13(17-12(2)20)15-6-5-7-22-15/h5-7,11,13-14H,8-10H2,1-4H3,(H,17,20)/t11-,13+,14+/m0/s1. The Hall–Kier alpha value is -1.40. The molecular formula is C16H25N3O2S. The zero-order valence-corrected chi connectivity index (χ0v) is 14.5. The van der Waals surface area contributed by atoms with Crippen LogP contribution in [0.3, 0.4) is 0 Å². The number of hydrogen-bond acceptors (Lipinski definition) is 4. The molecule has 22 heavy (non-hydrogen) atoms. The average Bonchev–Trinajstić information content (AvgIpc) is 3.06. The fourth-order valence-electron chi connectivity index (χ4n) is 3.09. The van der Waals surface area contributed by atoms with Crippen molar-refractivity contribution in [2.45, 2.75) is 32.4 Å². The number of hydrogen-bond donors (Lipinski definition) is 1. The summed E-state index contributed by atoms with van der Waals surface area (Å²) < 4.78 is 0. The molecule has 1 N–H and O–H groups in total. The molecule has 0 saturated carbocycles. The first kappa shape index (κ1) is 17.0. The normalized spacial score (nSPS) is 22.9. The predicted octanol–water partition coefficient (Wildman–Crippen LogP) is 1.72. The molecule has 3 atom stereocenters. The van der Waals surface area contributed by atoms with Crippen molar-refractivity contribution in [1.82, 2.24) is 15.1 Å². The van der Waals surface area contributed by atoms with Crippen molar-refractivity contribution in [2.75, 3.05) is 27.2 Å². The Bertz CT molecular complexity index is 515. The Balaban J connectivity index is 2.01. The largest absolute Gasteiger partial charge is 0.348 e. The molecule has 2 rings (SSSR count). The summed E-state index contributed by atoms with van der Waals surface area (Å²) >= 11 is 1.57. The summed E-state index contributed by atoms with van der Waals surface area (Å²) in [6, 6.07) is 4.09. The van der Waals surface area contributed by atoms with E-state index < -0.39 is 0 Å². The molecule has 1 saturated heterocycles. The smallest absolute Gasteiger partial charge is 0.225 e. The molecule has 6 heteroatoms. The molecule has 1 fully saturated rings. The van der Waals surface area contributed by atoms with E-state index in [4.69, 9.17) is 0 Å². The van der Waals surface area contributed by atoms with Crippen molar-refractivity contribution in [2.24, 2.45) is 5.92 Å². The van der Waals surface area contributed by atoms with E-state index in [1.807, 2.05) is 22.4 Å². The van der Waals surface area contributed by atoms with Crippen molar-refractivity contribution in [1.29, 1.82) is 0 Å². The van der Waals surface area contributed by atoms with Crippen LogP contribution in [0, 0.1) is 5.92 Å². The maximum atomic E-state index is 12.6. The van der Waals surface area contributed by atoms with Crippen LogP contribution in [0.25, 0.3) is 0 Å². The van der Waals surface area contributed by atoms with Gasteiger partial charge in [0.25, 0.3) is 0 Å². The van der Waals surface area contributed by atoms with Crippen LogP contribution in [0.5, 0.6) is 0 Å². The van der Waals surface area contributed by atoms with Crippen LogP contribution < -0.4 is 5.32 Å². The Kier molecular flexibility index (Phi) is 5.58. The minimum atomic E-state index is -0.223. The molecule has 1 aliphatic rings. The molecule has 2 heterocycles. The lowest BCUT2D eigenvalue weighted by Gasteiger charge is -2.23. The van der Waals surface area contributed by atoms with Crippen molar-refractivity contribution >= 4 is 23.2 Å². The van der Waals surface area contributed by atoms with E-state index in [0.717, 1.165) is 18.0 Å². The maximum Gasteiger partial charge on any atom is 0.225 e. The van der Waals surface area contributed by atoms with Gasteiger partial charge in [0.15, 0.2) is 0 Å². The van der Waals surface area contributed by atoms with Gasteiger partial charge >= 0.3 is 0 Å². The molecule has 0 bridgehead atoms. The molecule has 1 aliphatic heterocycles. The third kappa shape index (κ3) is 4.08. The van der Waals surface area contributed by atoms with E-state index in [1.54, 1.807) is 11.3 Å². The van der Waals surface area contributed by atoms with Gasteiger partial charge < -0.3 is 15.1 Å². The van der Waals surface area contributed by atoms with Crippen LogP contribution in [0.4, 0.5) is 0 Å². The Morgan fingerprint density at radius 2 is 2.18 bits per heavy atom. The summed E-state index contributed by atoms with van der Waals surface area (Å²) in [4.78, 5) is 29.2. The van der Waals surface area contributed by atoms with Crippen molar-refractivity contribution in [3.05, 3.63) is 22.4 Å². The number of thiophene rings is 1. The topological polar surface area (TPSA) is 52.7 Å². The van der Waals surface area contributed by atoms with E-state index in [2.05, 4.69) is 31.2 Å². The third-order valence-electron chi connectivity index (χ3n) is 4.23. The Morgan fingerprint density at radius 3 is 2.68 bits per heavy atom. The van der Waals surface area contributed by atoms with Crippen LogP contribution >= 0.6 is 11.3 Å². The molecule has 5 nitrogen and oxygen atoms in total. The molecule has 2 amide bonds. The SMILES string of the molecule is CC(=O)N[C@H](CC(=O)N1C[C@@H](N(C)C)[C@@H](C)C1)c1cccs1. The van der Waals surface area contributed by atoms with Gasteiger partial charge in [0.1, 0.15) is 0 Å². The Labute approximate surface area is 136 Å². The quantitative estimate of drug-likeness (QED) is 0.898. The average molecular weight is 323 g/mol. The van der Waals surface area contributed by atoms with Gasteiger partial charge in [-0.1, -0.05) is 13.0 Å². The van der Waals surface area contributed by atoms with Gasteiger partial charge in [0.05, 0.1) is 12.5 Å². The van der Waals surface area contributed by atoms with E-state index in [0.29, 0.717) is 18.4 Å². The van der Waals surface area contributed by atoms with Crippen LogP contribution in [-0.2, 0) is 9.59 Å². The first-order valence-electron chi connectivity index (χ1n) is 7.63. The summed E-state index contributed by atoms with van der Waals surface area (Å²) in [5.41, 5.74) is 0. The van der Waals surface area contributed by atoms with E-state index in [1.165, 1.54) is 6.92 Å². The predicted molar refractivity (Wildman–Crippen MR) is 88.7 cm³/mol. The molecular weight excluding hydrogens is 298 g/mol. The second-order valence-corrected chi connectivity index (χ2v) is 7.26. The first-order valence-corrected chi connectivity index (χ1v) is 8.51. The number of amides is 2. The summed E-state index contributed by atoms with van der Waals surface area (Å²) in [5, 5.41) is 4.86. The van der Waals surface area contributed by atoms with Gasteiger partial charge in [-0.05, 0) is 31.5 Å². The summed E-state index contributed by atoms with van der Waals surface area (Å²) in [6.45, 7) is 5.23. The molecule has 0 aromatic carbocycles. The lowest BCUT2D eigenvalue weighted by Crippen LogP contribution is -2.37. The lowest BCUT2D eigenvalue weighted by atomic mass is 10.1. The van der Waals surface area contributed by atoms with Gasteiger partial charge in [0, 0.05) is 30.9 Å². The van der Waals surface area contributed by atoms with E-state index in [-0.39, 0.29) is 17.9 Å². The number of carbonyl (C=O) groups is 2. The zero-order chi connectivity index (χ0) is 16.3. The number of carbonyl (C=O) groups excluding carboxylic acids is 2. The monoisotopic (exact) mass is 323 g/mol. The van der Waals surface area contributed by atoms with Gasteiger partial charge in [-0.15, -0.1) is 11.3 Å². The number of nitrogens with zero attached hydrogens (tertiary/aromatic N) is 2.